The van der Waals surface area contributed by atoms with Gasteiger partial charge in [-0.25, -0.2) is 9.78 Å². The van der Waals surface area contributed by atoms with Gasteiger partial charge in [-0.2, -0.15) is 0 Å². The Balaban J connectivity index is 1.83. The molecule has 0 radical (unpaired) electrons. The minimum atomic E-state index is -0.286. The molecule has 1 heterocycles. The molecule has 0 aromatic carbocycles. The zero-order valence-electron chi connectivity index (χ0n) is 11.9. The number of hydrogen-bond acceptors (Lipinski definition) is 3. The van der Waals surface area contributed by atoms with Crippen molar-refractivity contribution in [3.8, 4) is 0 Å². The van der Waals surface area contributed by atoms with Gasteiger partial charge in [0.15, 0.2) is 0 Å². The van der Waals surface area contributed by atoms with Crippen molar-refractivity contribution >= 4 is 5.97 Å². The van der Waals surface area contributed by atoms with Gasteiger partial charge in [-0.15, -0.1) is 0 Å². The third kappa shape index (κ3) is 4.34. The molecule has 3 heteroatoms. The van der Waals surface area contributed by atoms with Crippen LogP contribution in [0.4, 0.5) is 0 Å². The van der Waals surface area contributed by atoms with Crippen molar-refractivity contribution in [3.05, 3.63) is 29.6 Å². The van der Waals surface area contributed by atoms with Crippen molar-refractivity contribution < 1.29 is 9.53 Å². The van der Waals surface area contributed by atoms with Crippen LogP contribution < -0.4 is 0 Å². The Morgan fingerprint density at radius 3 is 2.95 bits per heavy atom. The number of carbonyl (C=O) groups is 1. The number of rotatable bonds is 7. The van der Waals surface area contributed by atoms with Gasteiger partial charge in [0.1, 0.15) is 5.69 Å². The lowest BCUT2D eigenvalue weighted by atomic mass is 10.1. The van der Waals surface area contributed by atoms with Gasteiger partial charge in [-0.3, -0.25) is 0 Å². The number of aromatic nitrogens is 1. The summed E-state index contributed by atoms with van der Waals surface area (Å²) in [5.41, 5.74) is 1.49. The number of esters is 1. The SMILES string of the molecule is CCCCC(C)COC(=O)c1cccc(C2CC2)n1. The Kier molecular flexibility index (Phi) is 4.94. The third-order valence-electron chi connectivity index (χ3n) is 3.52. The maximum Gasteiger partial charge on any atom is 0.356 e. The summed E-state index contributed by atoms with van der Waals surface area (Å²) in [6.45, 7) is 4.79. The Hall–Kier alpha value is -1.38. The Morgan fingerprint density at radius 2 is 2.26 bits per heavy atom. The molecule has 3 nitrogen and oxygen atoms in total. The Morgan fingerprint density at radius 1 is 1.47 bits per heavy atom. The molecule has 1 aliphatic rings. The molecular formula is C16H23NO2. The summed E-state index contributed by atoms with van der Waals surface area (Å²) in [5, 5.41) is 0. The summed E-state index contributed by atoms with van der Waals surface area (Å²) in [7, 11) is 0. The van der Waals surface area contributed by atoms with Crippen molar-refractivity contribution in [2.45, 2.75) is 51.9 Å². The lowest BCUT2D eigenvalue weighted by molar-refractivity contribution is 0.0435. The second-order valence-corrected chi connectivity index (χ2v) is 5.57. The van der Waals surface area contributed by atoms with Gasteiger partial charge in [0, 0.05) is 11.6 Å². The predicted octanol–water partition coefficient (Wildman–Crippen LogP) is 3.94. The molecule has 0 N–H and O–H groups in total. The molecule has 1 unspecified atom stereocenters. The highest BCUT2D eigenvalue weighted by molar-refractivity contribution is 5.87. The fourth-order valence-corrected chi connectivity index (χ4v) is 2.10. The van der Waals surface area contributed by atoms with E-state index in [9.17, 15) is 4.79 Å². The van der Waals surface area contributed by atoms with E-state index < -0.39 is 0 Å². The van der Waals surface area contributed by atoms with E-state index in [1.807, 2.05) is 12.1 Å². The van der Waals surface area contributed by atoms with E-state index in [4.69, 9.17) is 4.74 Å². The molecule has 1 aromatic rings. The smallest absolute Gasteiger partial charge is 0.356 e. The van der Waals surface area contributed by atoms with Crippen molar-refractivity contribution in [2.75, 3.05) is 6.61 Å². The first-order chi connectivity index (χ1) is 9.20. The van der Waals surface area contributed by atoms with E-state index in [-0.39, 0.29) is 5.97 Å². The van der Waals surface area contributed by atoms with Gasteiger partial charge in [0.05, 0.1) is 6.61 Å². The molecule has 1 aromatic heterocycles. The van der Waals surface area contributed by atoms with Gasteiger partial charge in [0.2, 0.25) is 0 Å². The summed E-state index contributed by atoms with van der Waals surface area (Å²) in [4.78, 5) is 16.3. The van der Waals surface area contributed by atoms with E-state index in [2.05, 4.69) is 18.8 Å². The normalized spacial score (nSPS) is 16.1. The molecule has 1 atom stereocenters. The number of nitrogens with zero attached hydrogens (tertiary/aromatic N) is 1. The fourth-order valence-electron chi connectivity index (χ4n) is 2.10. The second kappa shape index (κ2) is 6.69. The highest BCUT2D eigenvalue weighted by Crippen LogP contribution is 2.38. The minimum Gasteiger partial charge on any atom is -0.461 e. The third-order valence-corrected chi connectivity index (χ3v) is 3.52. The second-order valence-electron chi connectivity index (χ2n) is 5.57. The molecule has 0 spiro atoms. The molecule has 1 saturated carbocycles. The zero-order valence-corrected chi connectivity index (χ0v) is 11.9. The molecule has 0 aliphatic heterocycles. The first kappa shape index (κ1) is 14.0. The number of hydrogen-bond donors (Lipinski definition) is 0. The molecule has 104 valence electrons. The zero-order chi connectivity index (χ0) is 13.7. The van der Waals surface area contributed by atoms with Crippen molar-refractivity contribution in [2.24, 2.45) is 5.92 Å². The van der Waals surface area contributed by atoms with Crippen LogP contribution in [0.2, 0.25) is 0 Å². The van der Waals surface area contributed by atoms with Crippen LogP contribution in [0, 0.1) is 5.92 Å². The van der Waals surface area contributed by atoms with Crippen LogP contribution in [-0.4, -0.2) is 17.6 Å². The number of ether oxygens (including phenoxy) is 1. The minimum absolute atomic E-state index is 0.286. The number of unbranched alkanes of at least 4 members (excludes halogenated alkanes) is 1. The highest BCUT2D eigenvalue weighted by atomic mass is 16.5. The molecule has 1 fully saturated rings. The molecule has 19 heavy (non-hydrogen) atoms. The Bertz CT molecular complexity index is 427. The molecule has 0 bridgehead atoms. The maximum absolute atomic E-state index is 11.9. The highest BCUT2D eigenvalue weighted by Gasteiger charge is 2.25. The average molecular weight is 261 g/mol. The van der Waals surface area contributed by atoms with E-state index in [1.165, 1.54) is 25.7 Å². The first-order valence-corrected chi connectivity index (χ1v) is 7.34. The van der Waals surface area contributed by atoms with E-state index in [0.717, 1.165) is 12.1 Å². The topological polar surface area (TPSA) is 39.2 Å². The lowest BCUT2D eigenvalue weighted by Gasteiger charge is -2.11. The standard InChI is InChI=1S/C16H23NO2/c1-3-4-6-12(2)11-19-16(18)15-8-5-7-14(17-15)13-9-10-13/h5,7-8,12-13H,3-4,6,9-11H2,1-2H3. The molecule has 1 aliphatic carbocycles. The van der Waals surface area contributed by atoms with E-state index in [0.29, 0.717) is 24.1 Å². The monoisotopic (exact) mass is 261 g/mol. The van der Waals surface area contributed by atoms with Gasteiger partial charge in [-0.05, 0) is 37.3 Å². The van der Waals surface area contributed by atoms with Gasteiger partial charge < -0.3 is 4.74 Å². The van der Waals surface area contributed by atoms with Crippen molar-refractivity contribution in [3.63, 3.8) is 0 Å². The van der Waals surface area contributed by atoms with Crippen molar-refractivity contribution in [1.82, 2.24) is 4.98 Å². The average Bonchev–Trinajstić information content (AvgIpc) is 3.27. The number of carbonyl (C=O) groups excluding carboxylic acids is 1. The molecule has 0 amide bonds. The maximum atomic E-state index is 11.9. The van der Waals surface area contributed by atoms with Crippen LogP contribution in [0.1, 0.15) is 68.1 Å². The summed E-state index contributed by atoms with van der Waals surface area (Å²) < 4.78 is 5.34. The quantitative estimate of drug-likeness (QED) is 0.698. The van der Waals surface area contributed by atoms with E-state index in [1.54, 1.807) is 6.07 Å². The predicted molar refractivity (Wildman–Crippen MR) is 75.2 cm³/mol. The van der Waals surface area contributed by atoms with Crippen LogP contribution >= 0.6 is 0 Å². The van der Waals surface area contributed by atoms with Crippen LogP contribution in [0.5, 0.6) is 0 Å². The first-order valence-electron chi connectivity index (χ1n) is 7.34. The summed E-state index contributed by atoms with van der Waals surface area (Å²) in [5.74, 6) is 0.706. The van der Waals surface area contributed by atoms with Crippen LogP contribution in [0.3, 0.4) is 0 Å². The largest absolute Gasteiger partial charge is 0.461 e. The van der Waals surface area contributed by atoms with Gasteiger partial charge >= 0.3 is 5.97 Å². The number of pyridine rings is 1. The van der Waals surface area contributed by atoms with Crippen LogP contribution in [0.25, 0.3) is 0 Å². The molecule has 0 saturated heterocycles. The fraction of sp³-hybridized carbons (Fsp3) is 0.625. The van der Waals surface area contributed by atoms with Crippen molar-refractivity contribution in [1.29, 1.82) is 0 Å². The molecule has 2 rings (SSSR count). The van der Waals surface area contributed by atoms with Crippen LogP contribution in [-0.2, 0) is 4.74 Å². The lowest BCUT2D eigenvalue weighted by Crippen LogP contribution is -2.13. The summed E-state index contributed by atoms with van der Waals surface area (Å²) >= 11 is 0. The van der Waals surface area contributed by atoms with Gasteiger partial charge in [-0.1, -0.05) is 32.8 Å². The molecular weight excluding hydrogens is 238 g/mol. The van der Waals surface area contributed by atoms with E-state index >= 15 is 0 Å². The van der Waals surface area contributed by atoms with Gasteiger partial charge in [0.25, 0.3) is 0 Å². The summed E-state index contributed by atoms with van der Waals surface area (Å²) in [6, 6.07) is 5.64. The van der Waals surface area contributed by atoms with Crippen LogP contribution in [0.15, 0.2) is 18.2 Å². The summed E-state index contributed by atoms with van der Waals surface area (Å²) in [6.07, 6.45) is 5.87. The Labute approximate surface area is 115 Å².